The third-order valence-electron chi connectivity index (χ3n) is 3.92. The maximum absolute atomic E-state index is 12.4. The highest BCUT2D eigenvalue weighted by Gasteiger charge is 2.19. The van der Waals surface area contributed by atoms with E-state index < -0.39 is 31.0 Å². The van der Waals surface area contributed by atoms with Crippen LogP contribution in [0.3, 0.4) is 0 Å². The van der Waals surface area contributed by atoms with Crippen LogP contribution < -0.4 is 10.1 Å². The lowest BCUT2D eigenvalue weighted by molar-refractivity contribution is -0.123. The molecule has 0 heterocycles. The number of hydrogen-bond donors (Lipinski definition) is 1. The van der Waals surface area contributed by atoms with Crippen molar-refractivity contribution in [1.29, 1.82) is 0 Å². The predicted molar refractivity (Wildman–Crippen MR) is 101 cm³/mol. The molecule has 0 spiro atoms. The zero-order chi connectivity index (χ0) is 21.6. The molecule has 6 nitrogen and oxygen atoms in total. The molecular formula is C21H21F2NO5. The SMILES string of the molecule is CC(C)(C)c1ccc(C(=O)NC(=O)COC(=O)c2ccccc2OC(F)F)cc1. The number of nitrogens with one attached hydrogen (secondary N) is 1. The Bertz CT molecular complexity index is 889. The topological polar surface area (TPSA) is 81.7 Å². The highest BCUT2D eigenvalue weighted by molar-refractivity contribution is 6.05. The fraction of sp³-hybridized carbons (Fsp3) is 0.286. The lowest BCUT2D eigenvalue weighted by atomic mass is 9.87. The third kappa shape index (κ3) is 6.38. The van der Waals surface area contributed by atoms with E-state index in [0.29, 0.717) is 0 Å². The van der Waals surface area contributed by atoms with Gasteiger partial charge in [-0.2, -0.15) is 8.78 Å². The van der Waals surface area contributed by atoms with Gasteiger partial charge >= 0.3 is 12.6 Å². The molecule has 0 saturated carbocycles. The number of carbonyl (C=O) groups is 3. The number of imide groups is 1. The molecule has 0 aliphatic rings. The molecular weight excluding hydrogens is 384 g/mol. The van der Waals surface area contributed by atoms with Crippen LogP contribution in [0.2, 0.25) is 0 Å². The first-order valence-electron chi connectivity index (χ1n) is 8.73. The largest absolute Gasteiger partial charge is 0.452 e. The number of halogens is 2. The maximum Gasteiger partial charge on any atom is 0.387 e. The predicted octanol–water partition coefficient (Wildman–Crippen LogP) is 3.70. The summed E-state index contributed by atoms with van der Waals surface area (Å²) >= 11 is 0. The number of esters is 1. The number of para-hydroxylation sites is 1. The van der Waals surface area contributed by atoms with E-state index >= 15 is 0 Å². The summed E-state index contributed by atoms with van der Waals surface area (Å²) in [4.78, 5) is 36.0. The Hall–Kier alpha value is -3.29. The number of benzene rings is 2. The third-order valence-corrected chi connectivity index (χ3v) is 3.92. The smallest absolute Gasteiger partial charge is 0.387 e. The van der Waals surface area contributed by atoms with Crippen molar-refractivity contribution in [3.8, 4) is 5.75 Å². The van der Waals surface area contributed by atoms with Crippen LogP contribution >= 0.6 is 0 Å². The van der Waals surface area contributed by atoms with E-state index in [1.54, 1.807) is 24.3 Å². The highest BCUT2D eigenvalue weighted by Crippen LogP contribution is 2.22. The molecule has 154 valence electrons. The van der Waals surface area contributed by atoms with Gasteiger partial charge in [0, 0.05) is 5.56 Å². The molecule has 0 aliphatic heterocycles. The van der Waals surface area contributed by atoms with Crippen molar-refractivity contribution in [2.24, 2.45) is 0 Å². The van der Waals surface area contributed by atoms with Crippen LogP contribution in [0.15, 0.2) is 48.5 Å². The Balaban J connectivity index is 1.93. The monoisotopic (exact) mass is 405 g/mol. The molecule has 2 rings (SSSR count). The van der Waals surface area contributed by atoms with E-state index in [-0.39, 0.29) is 22.3 Å². The summed E-state index contributed by atoms with van der Waals surface area (Å²) in [6.45, 7) is 2.22. The van der Waals surface area contributed by atoms with Gasteiger partial charge in [0.1, 0.15) is 11.3 Å². The fourth-order valence-electron chi connectivity index (χ4n) is 2.40. The van der Waals surface area contributed by atoms with Gasteiger partial charge in [-0.05, 0) is 35.2 Å². The summed E-state index contributed by atoms with van der Waals surface area (Å²) < 4.78 is 33.8. The van der Waals surface area contributed by atoms with E-state index in [1.807, 2.05) is 20.8 Å². The van der Waals surface area contributed by atoms with Crippen LogP contribution in [0.4, 0.5) is 8.78 Å². The standard InChI is InChI=1S/C21H21F2NO5/c1-21(2,3)14-10-8-13(9-11-14)18(26)24-17(25)12-28-19(27)15-6-4-5-7-16(15)29-20(22)23/h4-11,20H,12H2,1-3H3,(H,24,25,26). The second-order valence-corrected chi connectivity index (χ2v) is 7.16. The van der Waals surface area contributed by atoms with Crippen LogP contribution in [-0.2, 0) is 14.9 Å². The van der Waals surface area contributed by atoms with Gasteiger partial charge in [0.15, 0.2) is 6.61 Å². The number of ether oxygens (including phenoxy) is 2. The minimum Gasteiger partial charge on any atom is -0.452 e. The molecule has 8 heteroatoms. The zero-order valence-corrected chi connectivity index (χ0v) is 16.2. The normalized spacial score (nSPS) is 11.1. The summed E-state index contributed by atoms with van der Waals surface area (Å²) in [5.41, 5.74) is 0.959. The van der Waals surface area contributed by atoms with Crippen LogP contribution in [-0.4, -0.2) is 31.0 Å². The summed E-state index contributed by atoms with van der Waals surface area (Å²) in [5.74, 6) is -2.90. The molecule has 0 aromatic heterocycles. The number of carbonyl (C=O) groups excluding carboxylic acids is 3. The van der Waals surface area contributed by atoms with Gasteiger partial charge in [-0.15, -0.1) is 0 Å². The lowest BCUT2D eigenvalue weighted by Crippen LogP contribution is -2.34. The Morgan fingerprint density at radius 3 is 2.21 bits per heavy atom. The van der Waals surface area contributed by atoms with Crippen LogP contribution in [0.5, 0.6) is 5.75 Å². The van der Waals surface area contributed by atoms with Crippen LogP contribution in [0.25, 0.3) is 0 Å². The van der Waals surface area contributed by atoms with Crippen molar-refractivity contribution in [1.82, 2.24) is 5.32 Å². The summed E-state index contributed by atoms with van der Waals surface area (Å²) in [6, 6.07) is 12.0. The average molecular weight is 405 g/mol. The number of alkyl halides is 2. The number of hydrogen-bond acceptors (Lipinski definition) is 5. The quantitative estimate of drug-likeness (QED) is 0.741. The lowest BCUT2D eigenvalue weighted by Gasteiger charge is -2.19. The van der Waals surface area contributed by atoms with Gasteiger partial charge in [-0.3, -0.25) is 14.9 Å². The van der Waals surface area contributed by atoms with E-state index in [0.717, 1.165) is 5.56 Å². The molecule has 2 amide bonds. The average Bonchev–Trinajstić information content (AvgIpc) is 2.65. The van der Waals surface area contributed by atoms with Gasteiger partial charge in [-0.25, -0.2) is 4.79 Å². The molecule has 0 unspecified atom stereocenters. The second-order valence-electron chi connectivity index (χ2n) is 7.16. The van der Waals surface area contributed by atoms with E-state index in [4.69, 9.17) is 4.74 Å². The molecule has 29 heavy (non-hydrogen) atoms. The van der Waals surface area contributed by atoms with Gasteiger partial charge < -0.3 is 9.47 Å². The van der Waals surface area contributed by atoms with E-state index in [2.05, 4.69) is 10.1 Å². The van der Waals surface area contributed by atoms with Crippen molar-refractivity contribution in [2.45, 2.75) is 32.8 Å². The second kappa shape index (κ2) is 9.27. The minimum absolute atomic E-state index is 0.0800. The van der Waals surface area contributed by atoms with Gasteiger partial charge in [-0.1, -0.05) is 45.0 Å². The molecule has 0 atom stereocenters. The number of amides is 2. The van der Waals surface area contributed by atoms with E-state index in [9.17, 15) is 23.2 Å². The zero-order valence-electron chi connectivity index (χ0n) is 16.2. The summed E-state index contributed by atoms with van der Waals surface area (Å²) in [5, 5.41) is 2.10. The van der Waals surface area contributed by atoms with Crippen molar-refractivity contribution < 1.29 is 32.6 Å². The molecule has 0 fully saturated rings. The molecule has 1 N–H and O–H groups in total. The highest BCUT2D eigenvalue weighted by atomic mass is 19.3. The molecule has 0 bridgehead atoms. The van der Waals surface area contributed by atoms with Crippen LogP contribution in [0.1, 0.15) is 47.1 Å². The van der Waals surface area contributed by atoms with Crippen molar-refractivity contribution in [2.75, 3.05) is 6.61 Å². The first-order chi connectivity index (χ1) is 13.6. The Morgan fingerprint density at radius 1 is 1.00 bits per heavy atom. The van der Waals surface area contributed by atoms with E-state index in [1.165, 1.54) is 24.3 Å². The Morgan fingerprint density at radius 2 is 1.62 bits per heavy atom. The summed E-state index contributed by atoms with van der Waals surface area (Å²) in [6.07, 6.45) is 0. The molecule has 2 aromatic rings. The molecule has 0 saturated heterocycles. The first-order valence-corrected chi connectivity index (χ1v) is 8.73. The van der Waals surface area contributed by atoms with Gasteiger partial charge in [0.25, 0.3) is 11.8 Å². The Labute approximate surface area is 166 Å². The molecule has 2 aromatic carbocycles. The molecule has 0 radical (unpaired) electrons. The Kier molecular flexibility index (Phi) is 7.03. The maximum atomic E-state index is 12.4. The first kappa shape index (κ1) is 22.0. The van der Waals surface area contributed by atoms with Crippen molar-refractivity contribution in [3.05, 3.63) is 65.2 Å². The fourth-order valence-corrected chi connectivity index (χ4v) is 2.40. The van der Waals surface area contributed by atoms with Crippen molar-refractivity contribution >= 4 is 17.8 Å². The van der Waals surface area contributed by atoms with Crippen LogP contribution in [0, 0.1) is 0 Å². The van der Waals surface area contributed by atoms with Gasteiger partial charge in [0.2, 0.25) is 0 Å². The minimum atomic E-state index is -3.12. The number of rotatable bonds is 6. The van der Waals surface area contributed by atoms with Crippen molar-refractivity contribution in [3.63, 3.8) is 0 Å². The molecule has 0 aliphatic carbocycles. The van der Waals surface area contributed by atoms with Gasteiger partial charge in [0.05, 0.1) is 0 Å². The summed E-state index contributed by atoms with van der Waals surface area (Å²) in [7, 11) is 0.